The molecule has 6 heteroatoms. The molecule has 0 aliphatic carbocycles. The Labute approximate surface area is 162 Å². The second-order valence-corrected chi connectivity index (χ2v) is 8.36. The van der Waals surface area contributed by atoms with Crippen molar-refractivity contribution < 1.29 is 9.59 Å². The van der Waals surface area contributed by atoms with E-state index >= 15 is 0 Å². The summed E-state index contributed by atoms with van der Waals surface area (Å²) in [6.07, 6.45) is 6.65. The predicted octanol–water partition coefficient (Wildman–Crippen LogP) is 1.81. The normalized spacial score (nSPS) is 23.3. The van der Waals surface area contributed by atoms with Crippen LogP contribution in [0.4, 0.5) is 0 Å². The molecule has 6 nitrogen and oxygen atoms in total. The number of nitrogens with zero attached hydrogens (tertiary/aromatic N) is 4. The van der Waals surface area contributed by atoms with Crippen LogP contribution >= 0.6 is 0 Å². The molecule has 0 bridgehead atoms. The zero-order valence-electron chi connectivity index (χ0n) is 16.7. The highest BCUT2D eigenvalue weighted by Crippen LogP contribution is 2.39. The van der Waals surface area contributed by atoms with Crippen molar-refractivity contribution in [3.8, 4) is 0 Å². The number of aromatic nitrogens is 1. The lowest BCUT2D eigenvalue weighted by Crippen LogP contribution is -2.55. The topological polar surface area (TPSA) is 56.8 Å². The third-order valence-corrected chi connectivity index (χ3v) is 5.90. The van der Waals surface area contributed by atoms with Crippen LogP contribution in [0.15, 0.2) is 24.4 Å². The number of pyridine rings is 1. The monoisotopic (exact) mass is 372 g/mol. The van der Waals surface area contributed by atoms with Gasteiger partial charge in [0.25, 0.3) is 0 Å². The van der Waals surface area contributed by atoms with Gasteiger partial charge in [0.15, 0.2) is 0 Å². The summed E-state index contributed by atoms with van der Waals surface area (Å²) in [6, 6.07) is 5.83. The largest absolute Gasteiger partial charge is 0.342 e. The second-order valence-electron chi connectivity index (χ2n) is 8.36. The lowest BCUT2D eigenvalue weighted by molar-refractivity contribution is -0.143. The zero-order valence-corrected chi connectivity index (χ0v) is 16.7. The van der Waals surface area contributed by atoms with E-state index in [-0.39, 0.29) is 17.2 Å². The Balaban J connectivity index is 1.57. The van der Waals surface area contributed by atoms with Gasteiger partial charge in [0.05, 0.1) is 0 Å². The van der Waals surface area contributed by atoms with Crippen LogP contribution in [0, 0.1) is 5.41 Å². The average molecular weight is 373 g/mol. The summed E-state index contributed by atoms with van der Waals surface area (Å²) in [5, 5.41) is 0. The minimum Gasteiger partial charge on any atom is -0.342 e. The first-order valence-electron chi connectivity index (χ1n) is 10.1. The molecule has 2 aliphatic heterocycles. The molecule has 1 aromatic heterocycles. The molecule has 2 amide bonds. The van der Waals surface area contributed by atoms with Crippen LogP contribution in [-0.2, 0) is 16.0 Å². The third-order valence-electron chi connectivity index (χ3n) is 5.90. The number of rotatable bonds is 6. The number of hydrogen-bond donors (Lipinski definition) is 0. The predicted molar refractivity (Wildman–Crippen MR) is 105 cm³/mol. The maximum absolute atomic E-state index is 12.8. The summed E-state index contributed by atoms with van der Waals surface area (Å²) in [7, 11) is 4.07. The molecule has 2 aliphatic rings. The van der Waals surface area contributed by atoms with Gasteiger partial charge in [0, 0.05) is 62.9 Å². The Hall–Kier alpha value is -1.95. The minimum atomic E-state index is 0.0825. The first-order valence-corrected chi connectivity index (χ1v) is 10.1. The number of likely N-dealkylation sites (N-methyl/N-ethyl adjacent to an activating group) is 1. The highest BCUT2D eigenvalue weighted by atomic mass is 16.2. The standard InChI is InChI=1S/C21H32N4O2/c1-23(2)14-15-25-17-21(11-9-20(25)27)10-5-13-24(16-21)19(26)8-7-18-6-3-4-12-22-18/h3-4,6,12H,5,7-11,13-17H2,1-2H3/t21-/m0/s1. The number of likely N-dealkylation sites (tertiary alicyclic amines) is 2. The van der Waals surface area contributed by atoms with Crippen LogP contribution in [0.5, 0.6) is 0 Å². The molecule has 1 spiro atoms. The molecular formula is C21H32N4O2. The third kappa shape index (κ3) is 5.28. The molecule has 2 saturated heterocycles. The van der Waals surface area contributed by atoms with Crippen molar-refractivity contribution in [2.24, 2.45) is 5.41 Å². The molecule has 0 aromatic carbocycles. The van der Waals surface area contributed by atoms with Gasteiger partial charge in [-0.05, 0) is 51.9 Å². The summed E-state index contributed by atoms with van der Waals surface area (Å²) < 4.78 is 0. The van der Waals surface area contributed by atoms with Gasteiger partial charge in [-0.15, -0.1) is 0 Å². The van der Waals surface area contributed by atoms with Crippen LogP contribution in [-0.4, -0.2) is 78.3 Å². The number of hydrogen-bond acceptors (Lipinski definition) is 4. The Morgan fingerprint density at radius 3 is 2.85 bits per heavy atom. The van der Waals surface area contributed by atoms with Crippen molar-refractivity contribution in [1.29, 1.82) is 0 Å². The van der Waals surface area contributed by atoms with Crippen LogP contribution in [0.25, 0.3) is 0 Å². The number of carbonyl (C=O) groups excluding carboxylic acids is 2. The van der Waals surface area contributed by atoms with Crippen LogP contribution < -0.4 is 0 Å². The van der Waals surface area contributed by atoms with E-state index < -0.39 is 0 Å². The van der Waals surface area contributed by atoms with Crippen molar-refractivity contribution in [2.75, 3.05) is 46.8 Å². The maximum atomic E-state index is 12.8. The van der Waals surface area contributed by atoms with Gasteiger partial charge in [-0.1, -0.05) is 6.07 Å². The maximum Gasteiger partial charge on any atom is 0.222 e. The van der Waals surface area contributed by atoms with E-state index in [4.69, 9.17) is 0 Å². The summed E-state index contributed by atoms with van der Waals surface area (Å²) in [4.78, 5) is 35.6. The molecule has 0 radical (unpaired) electrons. The van der Waals surface area contributed by atoms with Crippen molar-refractivity contribution in [3.63, 3.8) is 0 Å². The quantitative estimate of drug-likeness (QED) is 0.764. The zero-order chi connectivity index (χ0) is 19.3. The summed E-state index contributed by atoms with van der Waals surface area (Å²) in [5.74, 6) is 0.484. The van der Waals surface area contributed by atoms with Gasteiger partial charge in [0.2, 0.25) is 11.8 Å². The van der Waals surface area contributed by atoms with E-state index in [9.17, 15) is 9.59 Å². The molecule has 2 fully saturated rings. The van der Waals surface area contributed by atoms with Gasteiger partial charge >= 0.3 is 0 Å². The van der Waals surface area contributed by atoms with E-state index in [1.54, 1.807) is 6.20 Å². The highest BCUT2D eigenvalue weighted by molar-refractivity contribution is 5.78. The fraction of sp³-hybridized carbons (Fsp3) is 0.667. The molecular weight excluding hydrogens is 340 g/mol. The minimum absolute atomic E-state index is 0.0825. The number of aryl methyl sites for hydroxylation is 1. The average Bonchev–Trinajstić information content (AvgIpc) is 2.68. The van der Waals surface area contributed by atoms with E-state index in [0.717, 1.165) is 57.7 Å². The molecule has 3 rings (SSSR count). The summed E-state index contributed by atoms with van der Waals surface area (Å²) >= 11 is 0. The first-order chi connectivity index (χ1) is 13.0. The molecule has 148 valence electrons. The van der Waals surface area contributed by atoms with E-state index in [1.165, 1.54) is 0 Å². The summed E-state index contributed by atoms with van der Waals surface area (Å²) in [6.45, 7) is 4.09. The Bertz CT molecular complexity index is 649. The van der Waals surface area contributed by atoms with Gasteiger partial charge < -0.3 is 14.7 Å². The number of amides is 2. The molecule has 0 saturated carbocycles. The fourth-order valence-corrected chi connectivity index (χ4v) is 4.32. The van der Waals surface area contributed by atoms with Gasteiger partial charge in [-0.2, -0.15) is 0 Å². The number of piperidine rings is 2. The Kier molecular flexibility index (Phi) is 6.47. The number of carbonyl (C=O) groups is 2. The highest BCUT2D eigenvalue weighted by Gasteiger charge is 2.42. The SMILES string of the molecule is CN(C)CCN1C[C@@]2(CCCN(C(=O)CCc3ccccn3)C2)CCC1=O. The van der Waals surface area contributed by atoms with Crippen molar-refractivity contribution in [2.45, 2.75) is 38.5 Å². The molecule has 3 heterocycles. The van der Waals surface area contributed by atoms with Crippen molar-refractivity contribution in [1.82, 2.24) is 19.7 Å². The van der Waals surface area contributed by atoms with Crippen LogP contribution in [0.2, 0.25) is 0 Å². The second kappa shape index (κ2) is 8.83. The summed E-state index contributed by atoms with van der Waals surface area (Å²) in [5.41, 5.74) is 1.05. The molecule has 0 N–H and O–H groups in total. The van der Waals surface area contributed by atoms with Crippen molar-refractivity contribution in [3.05, 3.63) is 30.1 Å². The van der Waals surface area contributed by atoms with E-state index in [2.05, 4.69) is 9.88 Å². The van der Waals surface area contributed by atoms with Crippen LogP contribution in [0.1, 0.15) is 37.8 Å². The van der Waals surface area contributed by atoms with Gasteiger partial charge in [-0.25, -0.2) is 0 Å². The Morgan fingerprint density at radius 2 is 2.11 bits per heavy atom. The molecule has 1 atom stereocenters. The van der Waals surface area contributed by atoms with E-state index in [0.29, 0.717) is 19.3 Å². The first kappa shape index (κ1) is 19.8. The van der Waals surface area contributed by atoms with Gasteiger partial charge in [-0.3, -0.25) is 14.6 Å². The Morgan fingerprint density at radius 1 is 1.26 bits per heavy atom. The molecule has 27 heavy (non-hydrogen) atoms. The fourth-order valence-electron chi connectivity index (χ4n) is 4.32. The lowest BCUT2D eigenvalue weighted by Gasteiger charge is -2.48. The van der Waals surface area contributed by atoms with Crippen molar-refractivity contribution >= 4 is 11.8 Å². The van der Waals surface area contributed by atoms with Gasteiger partial charge in [0.1, 0.15) is 0 Å². The lowest BCUT2D eigenvalue weighted by atomic mass is 9.73. The van der Waals surface area contributed by atoms with Crippen LogP contribution in [0.3, 0.4) is 0 Å². The molecule has 0 unspecified atom stereocenters. The smallest absolute Gasteiger partial charge is 0.222 e. The molecule has 1 aromatic rings. The van der Waals surface area contributed by atoms with E-state index in [1.807, 2.05) is 42.1 Å².